The largest absolute Gasteiger partial charge is 0.465 e. The van der Waals surface area contributed by atoms with Crippen molar-refractivity contribution >= 4 is 29.5 Å². The molecule has 0 saturated carbocycles. The minimum Gasteiger partial charge on any atom is -0.465 e. The molecule has 0 aromatic carbocycles. The molecular weight excluding hydrogens is 464 g/mol. The van der Waals surface area contributed by atoms with E-state index >= 15 is 0 Å². The number of esters is 1. The maximum atomic E-state index is 14.1. The van der Waals surface area contributed by atoms with Crippen LogP contribution in [0.15, 0.2) is 25.3 Å². The van der Waals surface area contributed by atoms with Crippen LogP contribution in [0.1, 0.15) is 58.8 Å². The fraction of sp³-hybridized carbons (Fsp3) is 0.741. The molecule has 1 N–H and O–H groups in total. The van der Waals surface area contributed by atoms with Crippen LogP contribution >= 0.6 is 11.8 Å². The van der Waals surface area contributed by atoms with Crippen molar-refractivity contribution in [1.82, 2.24) is 9.80 Å². The number of likely N-dealkylation sites (tertiary alicyclic amines) is 1. The SMILES string of the molecule is C=CCCCOC(=O)[C@@H]1[C@H]2C(=O)N(CCCO)C(C(=O)N(CC=C)CCCCC)C23S[C@@H]1CC3C. The van der Waals surface area contributed by atoms with Gasteiger partial charge in [0.25, 0.3) is 0 Å². The number of thioether (sulfide) groups is 1. The number of ether oxygens (including phenoxy) is 1. The molecule has 3 fully saturated rings. The highest BCUT2D eigenvalue weighted by atomic mass is 32.2. The van der Waals surface area contributed by atoms with Gasteiger partial charge in [-0.05, 0) is 38.0 Å². The van der Waals surface area contributed by atoms with E-state index in [2.05, 4.69) is 27.0 Å². The molecule has 0 aromatic rings. The summed E-state index contributed by atoms with van der Waals surface area (Å²) < 4.78 is 4.96. The fourth-order valence-electron chi connectivity index (χ4n) is 6.22. The van der Waals surface area contributed by atoms with Crippen molar-refractivity contribution in [2.75, 3.05) is 32.8 Å². The van der Waals surface area contributed by atoms with Gasteiger partial charge in [0.2, 0.25) is 11.8 Å². The van der Waals surface area contributed by atoms with Gasteiger partial charge < -0.3 is 19.6 Å². The molecule has 1 spiro atoms. The van der Waals surface area contributed by atoms with Crippen LogP contribution in [0.3, 0.4) is 0 Å². The molecule has 3 aliphatic heterocycles. The monoisotopic (exact) mass is 506 g/mol. The molecule has 8 heteroatoms. The quantitative estimate of drug-likeness (QED) is 0.208. The zero-order valence-electron chi connectivity index (χ0n) is 21.3. The molecule has 35 heavy (non-hydrogen) atoms. The van der Waals surface area contributed by atoms with Crippen molar-refractivity contribution in [3.05, 3.63) is 25.3 Å². The normalized spacial score (nSPS) is 30.9. The van der Waals surface area contributed by atoms with E-state index in [-0.39, 0.29) is 35.6 Å². The molecule has 0 radical (unpaired) electrons. The Labute approximate surface area is 214 Å². The molecule has 3 saturated heterocycles. The number of hydrogen-bond donors (Lipinski definition) is 1. The molecule has 3 rings (SSSR count). The summed E-state index contributed by atoms with van der Waals surface area (Å²) in [5.74, 6) is -1.50. The maximum Gasteiger partial charge on any atom is 0.310 e. The van der Waals surface area contributed by atoms with E-state index in [0.717, 1.165) is 32.1 Å². The Bertz CT molecular complexity index is 804. The Morgan fingerprint density at radius 2 is 2.03 bits per heavy atom. The molecule has 7 nitrogen and oxygen atoms in total. The highest BCUT2D eigenvalue weighted by Gasteiger charge is 2.76. The fourth-order valence-corrected chi connectivity index (χ4v) is 8.62. The van der Waals surface area contributed by atoms with Gasteiger partial charge in [0.05, 0.1) is 23.2 Å². The second-order valence-corrected chi connectivity index (χ2v) is 11.6. The summed E-state index contributed by atoms with van der Waals surface area (Å²) in [6, 6.07) is -0.642. The van der Waals surface area contributed by atoms with Gasteiger partial charge in [-0.25, -0.2) is 0 Å². The Morgan fingerprint density at radius 3 is 2.69 bits per heavy atom. The Kier molecular flexibility index (Phi) is 9.87. The van der Waals surface area contributed by atoms with Gasteiger partial charge in [-0.1, -0.05) is 38.8 Å². The topological polar surface area (TPSA) is 87.1 Å². The van der Waals surface area contributed by atoms with Crippen LogP contribution < -0.4 is 0 Å². The van der Waals surface area contributed by atoms with Crippen molar-refractivity contribution in [2.24, 2.45) is 17.8 Å². The van der Waals surface area contributed by atoms with Crippen molar-refractivity contribution < 1.29 is 24.2 Å². The van der Waals surface area contributed by atoms with E-state index in [9.17, 15) is 19.5 Å². The van der Waals surface area contributed by atoms with Crippen molar-refractivity contribution in [3.8, 4) is 0 Å². The number of fused-ring (bicyclic) bond motifs is 1. The number of unbranched alkanes of at least 4 members (excludes halogenated alkanes) is 3. The van der Waals surface area contributed by atoms with Crippen molar-refractivity contribution in [1.29, 1.82) is 0 Å². The van der Waals surface area contributed by atoms with Crippen LogP contribution in [0.5, 0.6) is 0 Å². The summed E-state index contributed by atoms with van der Waals surface area (Å²) in [6.45, 7) is 13.4. The molecule has 2 amide bonds. The summed E-state index contributed by atoms with van der Waals surface area (Å²) in [6.07, 6.45) is 9.17. The summed E-state index contributed by atoms with van der Waals surface area (Å²) in [7, 11) is 0. The van der Waals surface area contributed by atoms with Gasteiger partial charge in [-0.2, -0.15) is 0 Å². The number of aliphatic hydroxyl groups is 1. The number of carbonyl (C=O) groups is 3. The third-order valence-electron chi connectivity index (χ3n) is 7.80. The molecule has 196 valence electrons. The third-order valence-corrected chi connectivity index (χ3v) is 9.87. The molecule has 3 unspecified atom stereocenters. The summed E-state index contributed by atoms with van der Waals surface area (Å²) in [5.41, 5.74) is 0. The highest BCUT2D eigenvalue weighted by molar-refractivity contribution is 8.02. The van der Waals surface area contributed by atoms with Crippen LogP contribution in [-0.2, 0) is 19.1 Å². The molecule has 0 aliphatic carbocycles. The maximum absolute atomic E-state index is 14.1. The van der Waals surface area contributed by atoms with E-state index in [1.54, 1.807) is 28.8 Å². The van der Waals surface area contributed by atoms with Crippen LogP contribution in [0.25, 0.3) is 0 Å². The lowest BCUT2D eigenvalue weighted by Crippen LogP contribution is -2.57. The lowest BCUT2D eigenvalue weighted by molar-refractivity contribution is -0.154. The lowest BCUT2D eigenvalue weighted by atomic mass is 9.66. The second-order valence-electron chi connectivity index (χ2n) is 10.0. The zero-order valence-corrected chi connectivity index (χ0v) is 22.1. The van der Waals surface area contributed by atoms with Crippen LogP contribution in [-0.4, -0.2) is 81.6 Å². The number of rotatable bonds is 15. The molecule has 0 aromatic heterocycles. The van der Waals surface area contributed by atoms with Gasteiger partial charge >= 0.3 is 5.97 Å². The summed E-state index contributed by atoms with van der Waals surface area (Å²) in [4.78, 5) is 44.7. The number of carbonyl (C=O) groups excluding carboxylic acids is 3. The van der Waals surface area contributed by atoms with Crippen molar-refractivity contribution in [3.63, 3.8) is 0 Å². The second kappa shape index (κ2) is 12.4. The van der Waals surface area contributed by atoms with E-state index in [1.165, 1.54) is 0 Å². The number of amides is 2. The standard InChI is InChI=1S/C27H42N2O5S/c1-5-8-10-14-28(13-7-3)25(32)23-27-19(4)18-20(35-27)21(26(33)34-17-11-9-6-2)22(27)24(31)29(23)15-12-16-30/h6-7,19-23,30H,2-3,5,8-18H2,1,4H3/t19?,20-,21+,22+,23?,27?/m1/s1. The van der Waals surface area contributed by atoms with Crippen LogP contribution in [0.4, 0.5) is 0 Å². The molecule has 2 bridgehead atoms. The average molecular weight is 507 g/mol. The first-order chi connectivity index (χ1) is 16.9. The first kappa shape index (κ1) is 27.8. The van der Waals surface area contributed by atoms with Crippen molar-refractivity contribution in [2.45, 2.75) is 74.8 Å². The molecular formula is C27H42N2O5S. The molecule has 3 heterocycles. The predicted molar refractivity (Wildman–Crippen MR) is 139 cm³/mol. The first-order valence-corrected chi connectivity index (χ1v) is 14.0. The van der Waals surface area contributed by atoms with Crippen LogP contribution in [0.2, 0.25) is 0 Å². The van der Waals surface area contributed by atoms with E-state index < -0.39 is 22.6 Å². The first-order valence-electron chi connectivity index (χ1n) is 13.1. The lowest BCUT2D eigenvalue weighted by Gasteiger charge is -2.40. The number of hydrogen-bond acceptors (Lipinski definition) is 6. The summed E-state index contributed by atoms with van der Waals surface area (Å²) in [5, 5.41) is 9.49. The Morgan fingerprint density at radius 1 is 1.26 bits per heavy atom. The van der Waals surface area contributed by atoms with E-state index in [1.807, 2.05) is 4.90 Å². The Hall–Kier alpha value is -1.80. The molecule has 3 aliphatic rings. The van der Waals surface area contributed by atoms with Gasteiger partial charge in [0, 0.05) is 31.5 Å². The average Bonchev–Trinajstić information content (AvgIpc) is 3.43. The van der Waals surface area contributed by atoms with Gasteiger partial charge in [-0.15, -0.1) is 24.9 Å². The summed E-state index contributed by atoms with van der Waals surface area (Å²) >= 11 is 1.66. The van der Waals surface area contributed by atoms with E-state index in [4.69, 9.17) is 4.74 Å². The predicted octanol–water partition coefficient (Wildman–Crippen LogP) is 3.42. The smallest absolute Gasteiger partial charge is 0.310 e. The van der Waals surface area contributed by atoms with Gasteiger partial charge in [-0.3, -0.25) is 14.4 Å². The third kappa shape index (κ3) is 5.19. The van der Waals surface area contributed by atoms with E-state index in [0.29, 0.717) is 39.1 Å². The number of allylic oxidation sites excluding steroid dienone is 1. The minimum atomic E-state index is -0.650. The minimum absolute atomic E-state index is 0.0194. The van der Waals surface area contributed by atoms with Crippen LogP contribution in [0, 0.1) is 17.8 Å². The molecule has 6 atom stereocenters. The Balaban J connectivity index is 1.93. The van der Waals surface area contributed by atoms with Gasteiger partial charge in [0.15, 0.2) is 0 Å². The van der Waals surface area contributed by atoms with Gasteiger partial charge in [0.1, 0.15) is 6.04 Å². The zero-order chi connectivity index (χ0) is 25.6. The highest BCUT2D eigenvalue weighted by Crippen LogP contribution is 2.68. The number of nitrogens with zero attached hydrogens (tertiary/aromatic N) is 2. The number of aliphatic hydroxyl groups excluding tert-OH is 1.